The molecule has 3 aromatic rings. The van der Waals surface area contributed by atoms with Crippen molar-refractivity contribution in [3.05, 3.63) is 89.5 Å². The Hall–Kier alpha value is -3.60. The maximum atomic E-state index is 12.6. The molecule has 4 aliphatic carbocycles. The zero-order chi connectivity index (χ0) is 23.3. The van der Waals surface area contributed by atoms with Gasteiger partial charge in [-0.2, -0.15) is 0 Å². The van der Waals surface area contributed by atoms with Crippen molar-refractivity contribution in [2.24, 2.45) is 17.8 Å². The number of carboxylic acid groups (broad SMARTS) is 1. The molecule has 0 heterocycles. The number of hydrogen-bond donors (Lipinski definition) is 3. The number of nitrogens with one attached hydrogen (secondary N) is 2. The van der Waals surface area contributed by atoms with Crippen molar-refractivity contribution in [3.63, 3.8) is 0 Å². The average molecular weight is 453 g/mol. The number of hydrogen-bond acceptors (Lipinski definition) is 3. The number of rotatable bonds is 6. The largest absolute Gasteiger partial charge is 0.478 e. The van der Waals surface area contributed by atoms with E-state index >= 15 is 0 Å². The van der Waals surface area contributed by atoms with E-state index in [1.54, 1.807) is 24.3 Å². The van der Waals surface area contributed by atoms with Gasteiger partial charge in [0, 0.05) is 22.6 Å². The van der Waals surface area contributed by atoms with E-state index in [4.69, 9.17) is 5.11 Å². The molecule has 4 aliphatic rings. The van der Waals surface area contributed by atoms with Crippen LogP contribution in [-0.4, -0.2) is 17.0 Å². The second-order valence-electron chi connectivity index (χ2n) is 10.3. The third-order valence-corrected chi connectivity index (χ3v) is 8.25. The summed E-state index contributed by atoms with van der Waals surface area (Å²) in [5, 5.41) is 15.3. The average Bonchev–Trinajstić information content (AvgIpc) is 3.24. The van der Waals surface area contributed by atoms with Gasteiger partial charge in [-0.3, -0.25) is 4.79 Å². The maximum absolute atomic E-state index is 12.6. The highest BCUT2D eigenvalue weighted by molar-refractivity contribution is 6.05. The van der Waals surface area contributed by atoms with Gasteiger partial charge in [-0.05, 0) is 115 Å². The van der Waals surface area contributed by atoms with Gasteiger partial charge in [0.2, 0.25) is 0 Å². The second kappa shape index (κ2) is 8.01. The summed E-state index contributed by atoms with van der Waals surface area (Å²) in [6.07, 6.45) is 7.08. The molecule has 4 saturated carbocycles. The lowest BCUT2D eigenvalue weighted by Crippen LogP contribution is -2.27. The van der Waals surface area contributed by atoms with E-state index in [2.05, 4.69) is 34.9 Å². The predicted molar refractivity (Wildman–Crippen MR) is 133 cm³/mol. The summed E-state index contributed by atoms with van der Waals surface area (Å²) in [5.41, 5.74) is 5.01. The standard InChI is InChI=1S/C29H28N2O3/c32-27(31-26-3-1-2-21(15-26)28(33)34)20-4-8-24(9-5-20)30-25-10-6-22(7-11-25)29-16-18-12-19(17-29)14-23(29)13-18/h1-11,15,18-19,23,30H,12-14,16-17H2,(H,31,32)(H,33,34). The molecule has 1 amide bonds. The normalized spacial score (nSPS) is 26.4. The summed E-state index contributed by atoms with van der Waals surface area (Å²) >= 11 is 0. The van der Waals surface area contributed by atoms with Gasteiger partial charge in [-0.15, -0.1) is 0 Å². The van der Waals surface area contributed by atoms with Gasteiger partial charge >= 0.3 is 5.97 Å². The van der Waals surface area contributed by atoms with Crippen molar-refractivity contribution >= 4 is 28.9 Å². The van der Waals surface area contributed by atoms with Gasteiger partial charge in [0.05, 0.1) is 5.56 Å². The number of carbonyl (C=O) groups is 2. The van der Waals surface area contributed by atoms with Crippen LogP contribution in [0.4, 0.5) is 17.1 Å². The third kappa shape index (κ3) is 3.65. The molecule has 0 aliphatic heterocycles. The van der Waals surface area contributed by atoms with Crippen molar-refractivity contribution in [1.82, 2.24) is 0 Å². The summed E-state index contributed by atoms with van der Waals surface area (Å²) in [6.45, 7) is 0. The highest BCUT2D eigenvalue weighted by atomic mass is 16.4. The van der Waals surface area contributed by atoms with Crippen LogP contribution in [0.1, 0.15) is 58.4 Å². The summed E-state index contributed by atoms with van der Waals surface area (Å²) < 4.78 is 0. The minimum Gasteiger partial charge on any atom is -0.478 e. The fourth-order valence-corrected chi connectivity index (χ4v) is 6.96. The van der Waals surface area contributed by atoms with E-state index < -0.39 is 5.97 Å². The quantitative estimate of drug-likeness (QED) is 0.401. The lowest BCUT2D eigenvalue weighted by Gasteiger charge is -2.33. The molecule has 0 radical (unpaired) electrons. The highest BCUT2D eigenvalue weighted by Gasteiger charge is 2.58. The van der Waals surface area contributed by atoms with Crippen LogP contribution >= 0.6 is 0 Å². The van der Waals surface area contributed by atoms with Crippen LogP contribution in [0.5, 0.6) is 0 Å². The molecular weight excluding hydrogens is 424 g/mol. The van der Waals surface area contributed by atoms with Crippen LogP contribution in [0.3, 0.4) is 0 Å². The second-order valence-corrected chi connectivity index (χ2v) is 10.3. The number of carbonyl (C=O) groups excluding carboxylic acids is 1. The maximum Gasteiger partial charge on any atom is 0.335 e. The SMILES string of the molecule is O=C(O)c1cccc(NC(=O)c2ccc(Nc3ccc(C45CC6CC(CC4C6)C5)cc3)cc2)c1. The van der Waals surface area contributed by atoms with E-state index in [0.717, 1.165) is 29.1 Å². The summed E-state index contributed by atoms with van der Waals surface area (Å²) in [5.74, 6) is 1.49. The fourth-order valence-electron chi connectivity index (χ4n) is 6.96. The van der Waals surface area contributed by atoms with Crippen LogP contribution in [0, 0.1) is 17.8 Å². The molecule has 2 atom stereocenters. The molecule has 3 N–H and O–H groups in total. The molecule has 172 valence electrons. The van der Waals surface area contributed by atoms with Crippen LogP contribution < -0.4 is 10.6 Å². The number of benzene rings is 3. The molecule has 4 fully saturated rings. The lowest BCUT2D eigenvalue weighted by molar-refractivity contribution is 0.0696. The van der Waals surface area contributed by atoms with Crippen molar-refractivity contribution in [2.45, 2.75) is 37.5 Å². The van der Waals surface area contributed by atoms with Crippen LogP contribution in [0.15, 0.2) is 72.8 Å². The first-order valence-corrected chi connectivity index (χ1v) is 12.1. The van der Waals surface area contributed by atoms with Gasteiger partial charge in [-0.1, -0.05) is 18.2 Å². The van der Waals surface area contributed by atoms with E-state index in [1.165, 1.54) is 49.8 Å². The minimum atomic E-state index is -1.03. The number of carboxylic acids is 1. The van der Waals surface area contributed by atoms with Gasteiger partial charge in [0.25, 0.3) is 5.91 Å². The Morgan fingerprint density at radius 2 is 1.41 bits per heavy atom. The molecule has 0 aromatic heterocycles. The Morgan fingerprint density at radius 3 is 2.06 bits per heavy atom. The summed E-state index contributed by atoms with van der Waals surface area (Å²) in [4.78, 5) is 23.7. The number of amides is 1. The van der Waals surface area contributed by atoms with Crippen molar-refractivity contribution < 1.29 is 14.7 Å². The Bertz CT molecular complexity index is 1240. The first-order valence-electron chi connectivity index (χ1n) is 12.1. The molecule has 7 rings (SSSR count). The van der Waals surface area contributed by atoms with Crippen LogP contribution in [0.25, 0.3) is 0 Å². The molecule has 2 unspecified atom stereocenters. The van der Waals surface area contributed by atoms with Gasteiger partial charge in [-0.25, -0.2) is 4.79 Å². The lowest BCUT2D eigenvalue weighted by atomic mass is 9.71. The summed E-state index contributed by atoms with van der Waals surface area (Å²) in [7, 11) is 0. The summed E-state index contributed by atoms with van der Waals surface area (Å²) in [6, 6.07) is 22.5. The van der Waals surface area contributed by atoms with Crippen LogP contribution in [-0.2, 0) is 5.41 Å². The van der Waals surface area contributed by atoms with Crippen LogP contribution in [0.2, 0.25) is 0 Å². The minimum absolute atomic E-state index is 0.135. The molecule has 34 heavy (non-hydrogen) atoms. The van der Waals surface area contributed by atoms with E-state index in [0.29, 0.717) is 16.7 Å². The molecule has 5 heteroatoms. The molecule has 4 bridgehead atoms. The number of anilines is 3. The Kier molecular flexibility index (Phi) is 4.94. The molecule has 3 aromatic carbocycles. The fraction of sp³-hybridized carbons (Fsp3) is 0.310. The predicted octanol–water partition coefficient (Wildman–Crippen LogP) is 6.46. The number of aromatic carboxylic acids is 1. The molecule has 0 saturated heterocycles. The first kappa shape index (κ1) is 21.0. The zero-order valence-corrected chi connectivity index (χ0v) is 19.0. The first-order chi connectivity index (χ1) is 16.5. The van der Waals surface area contributed by atoms with Crippen molar-refractivity contribution in [2.75, 3.05) is 10.6 Å². The third-order valence-electron chi connectivity index (χ3n) is 8.25. The Morgan fingerprint density at radius 1 is 0.765 bits per heavy atom. The van der Waals surface area contributed by atoms with Gasteiger partial charge < -0.3 is 15.7 Å². The Balaban J connectivity index is 1.11. The Labute approximate surface area is 199 Å². The molecule has 5 nitrogen and oxygen atoms in total. The van der Waals surface area contributed by atoms with Crippen molar-refractivity contribution in [1.29, 1.82) is 0 Å². The molecular formula is C29H28N2O3. The van der Waals surface area contributed by atoms with E-state index in [9.17, 15) is 9.59 Å². The van der Waals surface area contributed by atoms with E-state index in [-0.39, 0.29) is 11.5 Å². The monoisotopic (exact) mass is 452 g/mol. The van der Waals surface area contributed by atoms with Gasteiger partial charge in [0.15, 0.2) is 0 Å². The van der Waals surface area contributed by atoms with E-state index in [1.807, 2.05) is 12.1 Å². The smallest absolute Gasteiger partial charge is 0.335 e. The highest BCUT2D eigenvalue weighted by Crippen LogP contribution is 2.65. The topological polar surface area (TPSA) is 78.4 Å². The van der Waals surface area contributed by atoms with Gasteiger partial charge in [0.1, 0.15) is 0 Å². The molecule has 0 spiro atoms. The zero-order valence-electron chi connectivity index (χ0n) is 19.0. The van der Waals surface area contributed by atoms with Crippen molar-refractivity contribution in [3.8, 4) is 0 Å².